The van der Waals surface area contributed by atoms with Crippen LogP contribution in [0.15, 0.2) is 33.8 Å². The van der Waals surface area contributed by atoms with E-state index in [0.717, 1.165) is 12.8 Å². The van der Waals surface area contributed by atoms with Crippen LogP contribution in [0.2, 0.25) is 0 Å². The fourth-order valence-corrected chi connectivity index (χ4v) is 4.94. The molecule has 25 heavy (non-hydrogen) atoms. The molecule has 0 aromatic rings. The number of aliphatic hydroxyl groups excluding tert-OH is 2. The Morgan fingerprint density at radius 2 is 1.48 bits per heavy atom. The van der Waals surface area contributed by atoms with Crippen molar-refractivity contribution >= 4 is 17.3 Å². The minimum atomic E-state index is -0.918. The van der Waals surface area contributed by atoms with Crippen molar-refractivity contribution in [3.05, 3.63) is 33.8 Å². The fraction of sp³-hybridized carbons (Fsp3) is 0.550. The Morgan fingerprint density at radius 3 is 2.04 bits per heavy atom. The normalized spacial score (nSPS) is 29.4. The molecule has 1 fully saturated rings. The lowest BCUT2D eigenvalue weighted by Gasteiger charge is -2.49. The molecule has 0 spiro atoms. The number of fused-ring (bicyclic) bond motifs is 2. The summed E-state index contributed by atoms with van der Waals surface area (Å²) in [6.45, 7) is 9.02. The number of carbonyl (C=O) groups is 3. The van der Waals surface area contributed by atoms with Gasteiger partial charge in [0.05, 0.1) is 5.57 Å². The number of carbonyl (C=O) groups excluding carboxylic acids is 3. The first-order chi connectivity index (χ1) is 11.4. The van der Waals surface area contributed by atoms with Crippen LogP contribution in [0, 0.1) is 16.7 Å². The topological polar surface area (TPSA) is 91.7 Å². The predicted octanol–water partition coefficient (Wildman–Crippen LogP) is 3.51. The lowest BCUT2D eigenvalue weighted by molar-refractivity contribution is -0.134. The van der Waals surface area contributed by atoms with Crippen LogP contribution in [0.5, 0.6) is 0 Å². The molecule has 0 bridgehead atoms. The molecule has 134 valence electrons. The maximum Gasteiger partial charge on any atom is 0.233 e. The minimum absolute atomic E-state index is 0.0491. The van der Waals surface area contributed by atoms with Crippen LogP contribution in [0.1, 0.15) is 53.9 Å². The average molecular weight is 344 g/mol. The van der Waals surface area contributed by atoms with Gasteiger partial charge in [-0.25, -0.2) is 0 Å². The minimum Gasteiger partial charge on any atom is -0.507 e. The van der Waals surface area contributed by atoms with Gasteiger partial charge in [-0.1, -0.05) is 41.0 Å². The van der Waals surface area contributed by atoms with Crippen molar-refractivity contribution in [3.63, 3.8) is 0 Å². The highest BCUT2D eigenvalue weighted by Gasteiger charge is 2.56. The summed E-state index contributed by atoms with van der Waals surface area (Å²) >= 11 is 0. The summed E-state index contributed by atoms with van der Waals surface area (Å²) in [6.07, 6.45) is 2.12. The third kappa shape index (κ3) is 2.11. The maximum absolute atomic E-state index is 12.9. The SMILES string of the molecule is CC(C)C1=C(O)C2=C(C(=O)C1=O)C1(C)CCCC(C)(C)C1=C(O)C2=O. The number of hydrogen-bond acceptors (Lipinski definition) is 5. The van der Waals surface area contributed by atoms with Crippen LogP contribution in [0.4, 0.5) is 0 Å². The summed E-state index contributed by atoms with van der Waals surface area (Å²) in [5, 5.41) is 21.3. The summed E-state index contributed by atoms with van der Waals surface area (Å²) < 4.78 is 0. The number of hydrogen-bond donors (Lipinski definition) is 2. The Kier molecular flexibility index (Phi) is 3.64. The molecule has 0 aromatic heterocycles. The van der Waals surface area contributed by atoms with E-state index in [1.165, 1.54) is 0 Å². The van der Waals surface area contributed by atoms with Crippen LogP contribution in [-0.2, 0) is 14.4 Å². The second-order valence-corrected chi connectivity index (χ2v) is 8.45. The first-order valence-electron chi connectivity index (χ1n) is 8.71. The molecule has 5 heteroatoms. The first-order valence-corrected chi connectivity index (χ1v) is 8.71. The lowest BCUT2D eigenvalue weighted by Crippen LogP contribution is -2.47. The van der Waals surface area contributed by atoms with E-state index in [4.69, 9.17) is 0 Å². The molecule has 5 nitrogen and oxygen atoms in total. The van der Waals surface area contributed by atoms with Gasteiger partial charge in [-0.3, -0.25) is 14.4 Å². The highest BCUT2D eigenvalue weighted by Crippen LogP contribution is 2.59. The molecule has 2 N–H and O–H groups in total. The largest absolute Gasteiger partial charge is 0.507 e. The second-order valence-electron chi connectivity index (χ2n) is 8.45. The number of rotatable bonds is 1. The highest BCUT2D eigenvalue weighted by molar-refractivity contribution is 6.52. The zero-order valence-corrected chi connectivity index (χ0v) is 15.3. The van der Waals surface area contributed by atoms with E-state index >= 15 is 0 Å². The second kappa shape index (κ2) is 5.16. The van der Waals surface area contributed by atoms with Gasteiger partial charge < -0.3 is 10.2 Å². The van der Waals surface area contributed by atoms with Crippen molar-refractivity contribution in [3.8, 4) is 0 Å². The smallest absolute Gasteiger partial charge is 0.233 e. The lowest BCUT2D eigenvalue weighted by atomic mass is 9.52. The van der Waals surface area contributed by atoms with Gasteiger partial charge in [0.15, 0.2) is 5.76 Å². The van der Waals surface area contributed by atoms with E-state index in [1.807, 2.05) is 13.8 Å². The van der Waals surface area contributed by atoms with Gasteiger partial charge >= 0.3 is 0 Å². The van der Waals surface area contributed by atoms with Crippen molar-refractivity contribution in [1.29, 1.82) is 0 Å². The molecule has 3 aliphatic rings. The summed E-state index contributed by atoms with van der Waals surface area (Å²) in [4.78, 5) is 38.4. The standard InChI is InChI=1S/C20H24O5/c1-9(2)10-13(21)11-12(16(24)14(10)22)20(5)8-6-7-19(3,4)18(20)17(25)15(11)23/h9,21,25H,6-8H2,1-5H3. The van der Waals surface area contributed by atoms with Gasteiger partial charge in [-0.2, -0.15) is 0 Å². The summed E-state index contributed by atoms with van der Waals surface area (Å²) in [6, 6.07) is 0. The van der Waals surface area contributed by atoms with E-state index < -0.39 is 39.9 Å². The monoisotopic (exact) mass is 344 g/mol. The Hall–Kier alpha value is -2.17. The number of aliphatic hydroxyl groups is 2. The highest BCUT2D eigenvalue weighted by atomic mass is 16.3. The third-order valence-electron chi connectivity index (χ3n) is 5.94. The fourth-order valence-electron chi connectivity index (χ4n) is 4.94. The number of allylic oxidation sites excluding steroid dienone is 5. The molecule has 0 aliphatic heterocycles. The van der Waals surface area contributed by atoms with Crippen LogP contribution in [-0.4, -0.2) is 27.6 Å². The molecule has 0 heterocycles. The van der Waals surface area contributed by atoms with Crippen LogP contribution in [0.25, 0.3) is 0 Å². The Bertz CT molecular complexity index is 819. The van der Waals surface area contributed by atoms with Gasteiger partial charge in [0.1, 0.15) is 5.76 Å². The van der Waals surface area contributed by atoms with E-state index in [1.54, 1.807) is 20.8 Å². The van der Waals surface area contributed by atoms with Crippen LogP contribution < -0.4 is 0 Å². The molecule has 1 saturated carbocycles. The summed E-state index contributed by atoms with van der Waals surface area (Å²) in [7, 11) is 0. The first kappa shape index (κ1) is 17.6. The van der Waals surface area contributed by atoms with E-state index in [-0.39, 0.29) is 22.5 Å². The summed E-state index contributed by atoms with van der Waals surface area (Å²) in [5.74, 6) is -3.47. The molecule has 1 atom stereocenters. The molecule has 3 aliphatic carbocycles. The Labute approximate surface area is 147 Å². The quantitative estimate of drug-likeness (QED) is 0.561. The van der Waals surface area contributed by atoms with Crippen molar-refractivity contribution in [2.75, 3.05) is 0 Å². The van der Waals surface area contributed by atoms with Gasteiger partial charge in [-0.05, 0) is 29.7 Å². The predicted molar refractivity (Wildman–Crippen MR) is 91.9 cm³/mol. The van der Waals surface area contributed by atoms with Gasteiger partial charge in [-0.15, -0.1) is 0 Å². The van der Waals surface area contributed by atoms with Crippen molar-refractivity contribution in [1.82, 2.24) is 0 Å². The molecule has 0 amide bonds. The van der Waals surface area contributed by atoms with Crippen molar-refractivity contribution in [2.45, 2.75) is 53.9 Å². The van der Waals surface area contributed by atoms with Gasteiger partial charge in [0.25, 0.3) is 0 Å². The van der Waals surface area contributed by atoms with Crippen molar-refractivity contribution in [2.24, 2.45) is 16.7 Å². The molecule has 0 saturated heterocycles. The molecule has 0 radical (unpaired) electrons. The van der Waals surface area contributed by atoms with E-state index in [9.17, 15) is 24.6 Å². The maximum atomic E-state index is 12.9. The molecular formula is C20H24O5. The third-order valence-corrected chi connectivity index (χ3v) is 5.94. The zero-order valence-electron chi connectivity index (χ0n) is 15.3. The number of ketones is 3. The summed E-state index contributed by atoms with van der Waals surface area (Å²) in [5.41, 5.74) is -1.05. The van der Waals surface area contributed by atoms with E-state index in [0.29, 0.717) is 12.0 Å². The zero-order chi connectivity index (χ0) is 18.9. The Morgan fingerprint density at radius 1 is 0.880 bits per heavy atom. The molecule has 1 unspecified atom stereocenters. The molecular weight excluding hydrogens is 320 g/mol. The van der Waals surface area contributed by atoms with E-state index in [2.05, 4.69) is 0 Å². The van der Waals surface area contributed by atoms with Crippen LogP contribution in [0.3, 0.4) is 0 Å². The molecule has 3 rings (SSSR count). The molecule has 0 aromatic carbocycles. The van der Waals surface area contributed by atoms with Crippen LogP contribution >= 0.6 is 0 Å². The Balaban J connectivity index is 2.38. The number of Topliss-reactive ketones (excluding diaryl/α,β-unsaturated/α-hetero) is 3. The average Bonchev–Trinajstić information content (AvgIpc) is 2.47. The van der Waals surface area contributed by atoms with Gasteiger partial charge in [0, 0.05) is 16.6 Å². The van der Waals surface area contributed by atoms with Gasteiger partial charge in [0.2, 0.25) is 17.3 Å². The van der Waals surface area contributed by atoms with Crippen molar-refractivity contribution < 1.29 is 24.6 Å².